The smallest absolute Gasteiger partial charge is 0.0737 e. The molecule has 1 heteroatoms. The van der Waals surface area contributed by atoms with E-state index in [4.69, 9.17) is 0 Å². The van der Waals surface area contributed by atoms with Crippen molar-refractivity contribution in [1.29, 1.82) is 0 Å². The Hall–Kier alpha value is -7.84. The van der Waals surface area contributed by atoms with Crippen LogP contribution in [0.5, 0.6) is 0 Å². The van der Waals surface area contributed by atoms with Crippen molar-refractivity contribution in [3.63, 3.8) is 0 Å². The summed E-state index contributed by atoms with van der Waals surface area (Å²) in [6.07, 6.45) is 0. The van der Waals surface area contributed by atoms with Crippen molar-refractivity contribution >= 4 is 85.4 Å². The molecule has 0 aliphatic heterocycles. The molecule has 12 aromatic carbocycles. The number of rotatable bonds is 2. The maximum atomic E-state index is 2.52. The van der Waals surface area contributed by atoms with Crippen molar-refractivity contribution in [2.24, 2.45) is 0 Å². The van der Waals surface area contributed by atoms with E-state index >= 15 is 0 Å². The SMILES string of the molecule is c1ccc2c(c1)-c1ccccc1C21c2c(ccc3ccccc23)-c2c1c1ccc(-c3c4ccccc4c(-c4ccc5sc6ccccc6c5c4)c4ccccc34)cc1c1ccccc21. The summed E-state index contributed by atoms with van der Waals surface area (Å²) in [5.74, 6) is 0. The minimum atomic E-state index is -0.502. The first kappa shape index (κ1) is 34.7. The van der Waals surface area contributed by atoms with Gasteiger partial charge in [-0.2, -0.15) is 0 Å². The molecule has 2 aliphatic rings. The fourth-order valence-electron chi connectivity index (χ4n) is 12.4. The molecule has 2 aliphatic carbocycles. The Morgan fingerprint density at radius 3 is 1.41 bits per heavy atom. The zero-order valence-electron chi connectivity index (χ0n) is 34.7. The lowest BCUT2D eigenvalue weighted by Gasteiger charge is -2.32. The minimum absolute atomic E-state index is 0.502. The third-order valence-electron chi connectivity index (χ3n) is 14.8. The van der Waals surface area contributed by atoms with Crippen molar-refractivity contribution in [3.8, 4) is 44.5 Å². The van der Waals surface area contributed by atoms with Gasteiger partial charge in [-0.05, 0) is 145 Å². The first-order chi connectivity index (χ1) is 31.8. The van der Waals surface area contributed by atoms with E-state index in [1.54, 1.807) is 0 Å². The summed E-state index contributed by atoms with van der Waals surface area (Å²) in [5.41, 5.74) is 15.5. The van der Waals surface area contributed by atoms with E-state index < -0.39 is 5.41 Å². The maximum absolute atomic E-state index is 2.52. The molecule has 0 fully saturated rings. The third kappa shape index (κ3) is 4.32. The van der Waals surface area contributed by atoms with Gasteiger partial charge in [0, 0.05) is 20.2 Å². The molecular weight excluding hydrogens is 789 g/mol. The highest BCUT2D eigenvalue weighted by Crippen LogP contribution is 2.66. The lowest BCUT2D eigenvalue weighted by molar-refractivity contribution is 0.809. The Bertz CT molecular complexity index is 4100. The molecule has 0 amide bonds. The highest BCUT2D eigenvalue weighted by molar-refractivity contribution is 7.25. The Kier molecular flexibility index (Phi) is 6.85. The van der Waals surface area contributed by atoms with Crippen LogP contribution in [0.3, 0.4) is 0 Å². The summed E-state index contributed by atoms with van der Waals surface area (Å²) in [5, 5.41) is 15.5. The lowest BCUT2D eigenvalue weighted by atomic mass is 9.68. The van der Waals surface area contributed by atoms with E-state index in [1.165, 1.54) is 141 Å². The summed E-state index contributed by atoms with van der Waals surface area (Å²) in [4.78, 5) is 0. The molecule has 1 aromatic heterocycles. The summed E-state index contributed by atoms with van der Waals surface area (Å²) in [7, 11) is 0. The number of fused-ring (bicyclic) bond motifs is 22. The first-order valence-electron chi connectivity index (χ1n) is 22.3. The molecule has 0 radical (unpaired) electrons. The van der Waals surface area contributed by atoms with Gasteiger partial charge >= 0.3 is 0 Å². The van der Waals surface area contributed by atoms with E-state index in [0.717, 1.165) is 0 Å². The van der Waals surface area contributed by atoms with Crippen molar-refractivity contribution in [3.05, 3.63) is 241 Å². The Morgan fingerprint density at radius 2 is 0.750 bits per heavy atom. The van der Waals surface area contributed by atoms with E-state index in [9.17, 15) is 0 Å². The molecule has 0 saturated carbocycles. The van der Waals surface area contributed by atoms with Gasteiger partial charge < -0.3 is 0 Å². The van der Waals surface area contributed by atoms with E-state index in [-0.39, 0.29) is 0 Å². The zero-order chi connectivity index (χ0) is 41.7. The Labute approximate surface area is 373 Å². The quantitative estimate of drug-likeness (QED) is 0.120. The van der Waals surface area contributed by atoms with Crippen molar-refractivity contribution < 1.29 is 0 Å². The fraction of sp³-hybridized carbons (Fsp3) is 0.0159. The molecule has 0 N–H and O–H groups in total. The molecule has 64 heavy (non-hydrogen) atoms. The number of benzene rings is 12. The van der Waals surface area contributed by atoms with Crippen molar-refractivity contribution in [1.82, 2.24) is 0 Å². The third-order valence-corrected chi connectivity index (χ3v) is 16.0. The van der Waals surface area contributed by atoms with Crippen LogP contribution in [0.4, 0.5) is 0 Å². The highest BCUT2D eigenvalue weighted by Gasteiger charge is 2.53. The average Bonchev–Trinajstić information content (AvgIpc) is 4.00. The molecular formula is C63H36S. The summed E-state index contributed by atoms with van der Waals surface area (Å²) in [6, 6.07) is 82.9. The summed E-state index contributed by atoms with van der Waals surface area (Å²) in [6.45, 7) is 0. The van der Waals surface area contributed by atoms with Crippen LogP contribution in [0.25, 0.3) is 119 Å². The second kappa shape index (κ2) is 12.6. The molecule has 0 nitrogen and oxygen atoms in total. The monoisotopic (exact) mass is 824 g/mol. The van der Waals surface area contributed by atoms with Crippen LogP contribution in [-0.2, 0) is 5.41 Å². The van der Waals surface area contributed by atoms with Gasteiger partial charge in [-0.3, -0.25) is 0 Å². The van der Waals surface area contributed by atoms with Crippen molar-refractivity contribution in [2.75, 3.05) is 0 Å². The second-order valence-corrected chi connectivity index (χ2v) is 18.8. The molecule has 15 rings (SSSR count). The first-order valence-corrected chi connectivity index (χ1v) is 23.2. The molecule has 0 atom stereocenters. The van der Waals surface area contributed by atoms with Crippen LogP contribution in [0.2, 0.25) is 0 Å². The zero-order valence-corrected chi connectivity index (χ0v) is 35.5. The molecule has 0 saturated heterocycles. The average molecular weight is 825 g/mol. The highest BCUT2D eigenvalue weighted by atomic mass is 32.1. The summed E-state index contributed by atoms with van der Waals surface area (Å²) < 4.78 is 2.66. The predicted octanol–water partition coefficient (Wildman–Crippen LogP) is 17.5. The topological polar surface area (TPSA) is 0 Å². The van der Waals surface area contributed by atoms with Gasteiger partial charge in [0.05, 0.1) is 5.41 Å². The van der Waals surface area contributed by atoms with Gasteiger partial charge in [0.2, 0.25) is 0 Å². The Morgan fingerprint density at radius 1 is 0.266 bits per heavy atom. The van der Waals surface area contributed by atoms with Crippen LogP contribution in [0.15, 0.2) is 218 Å². The van der Waals surface area contributed by atoms with Gasteiger partial charge in [0.1, 0.15) is 0 Å². The van der Waals surface area contributed by atoms with Crippen LogP contribution in [-0.4, -0.2) is 0 Å². The maximum Gasteiger partial charge on any atom is 0.0737 e. The molecule has 294 valence electrons. The fourth-order valence-corrected chi connectivity index (χ4v) is 13.5. The minimum Gasteiger partial charge on any atom is -0.135 e. The molecule has 0 unspecified atom stereocenters. The Balaban J connectivity index is 1.06. The van der Waals surface area contributed by atoms with Gasteiger partial charge in [0.25, 0.3) is 0 Å². The van der Waals surface area contributed by atoms with Crippen LogP contribution in [0.1, 0.15) is 22.3 Å². The van der Waals surface area contributed by atoms with Crippen LogP contribution < -0.4 is 0 Å². The molecule has 1 spiro atoms. The number of thiophene rings is 1. The summed E-state index contributed by atoms with van der Waals surface area (Å²) >= 11 is 1.88. The van der Waals surface area contributed by atoms with Crippen LogP contribution >= 0.6 is 11.3 Å². The standard InChI is InChI=1S/C63H36S/c1-2-16-40-37(15-1)29-33-51-60-45-21-4-3-17-41(45)52-35-38(30-32-50(52)62(60)63(61(40)51)54-26-12-9-18-42(54)43-19-10-13-27-55(43)63)58-46-22-5-7-24-48(46)59(49-25-8-6-23-47(49)58)39-31-34-57-53(36-39)44-20-11-14-28-56(44)64-57/h1-36H. The van der Waals surface area contributed by atoms with E-state index in [1.807, 2.05) is 11.3 Å². The number of hydrogen-bond donors (Lipinski definition) is 0. The molecule has 0 bridgehead atoms. The molecule has 1 heterocycles. The second-order valence-electron chi connectivity index (χ2n) is 17.8. The van der Waals surface area contributed by atoms with E-state index in [2.05, 4.69) is 218 Å². The van der Waals surface area contributed by atoms with E-state index in [0.29, 0.717) is 0 Å². The van der Waals surface area contributed by atoms with Crippen LogP contribution in [0, 0.1) is 0 Å². The van der Waals surface area contributed by atoms with Gasteiger partial charge in [-0.1, -0.05) is 194 Å². The lowest BCUT2D eigenvalue weighted by Crippen LogP contribution is -2.26. The van der Waals surface area contributed by atoms with Crippen molar-refractivity contribution in [2.45, 2.75) is 5.41 Å². The molecule has 13 aromatic rings. The predicted molar refractivity (Wildman–Crippen MR) is 274 cm³/mol. The van der Waals surface area contributed by atoms with Gasteiger partial charge in [0.15, 0.2) is 0 Å². The largest absolute Gasteiger partial charge is 0.135 e. The van der Waals surface area contributed by atoms with Gasteiger partial charge in [-0.25, -0.2) is 0 Å². The normalized spacial score (nSPS) is 13.4. The number of hydrogen-bond acceptors (Lipinski definition) is 1. The van der Waals surface area contributed by atoms with Gasteiger partial charge in [-0.15, -0.1) is 11.3 Å².